The predicted molar refractivity (Wildman–Crippen MR) is 113 cm³/mol. The van der Waals surface area contributed by atoms with Gasteiger partial charge in [0, 0.05) is 40.4 Å². The van der Waals surface area contributed by atoms with Gasteiger partial charge in [0.2, 0.25) is 5.91 Å². The lowest BCUT2D eigenvalue weighted by Crippen LogP contribution is -2.27. The maximum absolute atomic E-state index is 12.3. The van der Waals surface area contributed by atoms with Gasteiger partial charge < -0.3 is 10.3 Å². The number of para-hydroxylation sites is 1. The van der Waals surface area contributed by atoms with Crippen LogP contribution in [0.1, 0.15) is 11.1 Å². The standard InChI is InChI=1S/C23H20ClN3O/c24-18-9-7-16(8-10-18)14-22(28)26-13-11-20-19-5-1-2-6-21(19)27-23(20)17-4-3-12-25-15-17/h1-10,12,15,27H,11,13-14H2,(H,26,28). The number of hydrogen-bond donors (Lipinski definition) is 2. The maximum Gasteiger partial charge on any atom is 0.224 e. The van der Waals surface area contributed by atoms with E-state index in [1.165, 1.54) is 10.9 Å². The van der Waals surface area contributed by atoms with E-state index in [2.05, 4.69) is 27.4 Å². The van der Waals surface area contributed by atoms with Crippen molar-refractivity contribution in [3.8, 4) is 11.3 Å². The minimum absolute atomic E-state index is 0.00471. The molecule has 0 radical (unpaired) electrons. The van der Waals surface area contributed by atoms with E-state index in [-0.39, 0.29) is 5.91 Å². The van der Waals surface area contributed by atoms with Crippen molar-refractivity contribution in [2.75, 3.05) is 6.54 Å². The SMILES string of the molecule is O=C(Cc1ccc(Cl)cc1)NCCc1c(-c2cccnc2)[nH]c2ccccc12. The molecule has 0 saturated carbocycles. The number of fused-ring (bicyclic) bond motifs is 1. The lowest BCUT2D eigenvalue weighted by atomic mass is 10.0. The Kier molecular flexibility index (Phi) is 5.40. The Morgan fingerprint density at radius 2 is 1.86 bits per heavy atom. The molecule has 28 heavy (non-hydrogen) atoms. The number of pyridine rings is 1. The molecule has 2 aromatic carbocycles. The molecule has 4 nitrogen and oxygen atoms in total. The summed E-state index contributed by atoms with van der Waals surface area (Å²) in [6.45, 7) is 0.571. The second-order valence-corrected chi connectivity index (χ2v) is 7.11. The van der Waals surface area contributed by atoms with Crippen LogP contribution in [0.3, 0.4) is 0 Å². The Labute approximate surface area is 168 Å². The molecule has 0 spiro atoms. The molecule has 0 saturated heterocycles. The van der Waals surface area contributed by atoms with Gasteiger partial charge >= 0.3 is 0 Å². The molecular formula is C23H20ClN3O. The van der Waals surface area contributed by atoms with Crippen LogP contribution >= 0.6 is 11.6 Å². The summed E-state index contributed by atoms with van der Waals surface area (Å²) in [5, 5.41) is 4.87. The predicted octanol–water partition coefficient (Wildman–Crippen LogP) is 4.78. The van der Waals surface area contributed by atoms with Gasteiger partial charge in [-0.25, -0.2) is 0 Å². The van der Waals surface area contributed by atoms with Gasteiger partial charge in [-0.05, 0) is 47.9 Å². The van der Waals surface area contributed by atoms with Crippen LogP contribution in [0.15, 0.2) is 73.1 Å². The first-order valence-corrected chi connectivity index (χ1v) is 9.59. The Morgan fingerprint density at radius 3 is 2.64 bits per heavy atom. The van der Waals surface area contributed by atoms with Crippen molar-refractivity contribution in [1.29, 1.82) is 0 Å². The van der Waals surface area contributed by atoms with E-state index in [9.17, 15) is 4.79 Å². The summed E-state index contributed by atoms with van der Waals surface area (Å²) >= 11 is 5.89. The number of aromatic amines is 1. The zero-order valence-corrected chi connectivity index (χ0v) is 16.0. The molecule has 4 aromatic rings. The van der Waals surface area contributed by atoms with Gasteiger partial charge in [-0.2, -0.15) is 0 Å². The summed E-state index contributed by atoms with van der Waals surface area (Å²) < 4.78 is 0. The average molecular weight is 390 g/mol. The zero-order valence-electron chi connectivity index (χ0n) is 15.3. The van der Waals surface area contributed by atoms with Crippen LogP contribution in [0.2, 0.25) is 5.02 Å². The number of H-pyrrole nitrogens is 1. The molecule has 140 valence electrons. The van der Waals surface area contributed by atoms with Gasteiger partial charge in [-0.15, -0.1) is 0 Å². The summed E-state index contributed by atoms with van der Waals surface area (Å²) in [4.78, 5) is 20.0. The number of halogens is 1. The quantitative estimate of drug-likeness (QED) is 0.498. The van der Waals surface area contributed by atoms with Crippen LogP contribution in [0.4, 0.5) is 0 Å². The third kappa shape index (κ3) is 4.07. The number of carbonyl (C=O) groups is 1. The van der Waals surface area contributed by atoms with E-state index in [1.807, 2.05) is 42.6 Å². The highest BCUT2D eigenvalue weighted by Crippen LogP contribution is 2.30. The smallest absolute Gasteiger partial charge is 0.224 e. The summed E-state index contributed by atoms with van der Waals surface area (Å²) in [5.74, 6) is 0.00471. The van der Waals surface area contributed by atoms with Gasteiger partial charge in [0.05, 0.1) is 12.1 Å². The van der Waals surface area contributed by atoms with Crippen LogP contribution in [0.5, 0.6) is 0 Å². The number of hydrogen-bond acceptors (Lipinski definition) is 2. The van der Waals surface area contributed by atoms with Crippen molar-refractivity contribution in [3.05, 3.63) is 89.2 Å². The second-order valence-electron chi connectivity index (χ2n) is 6.67. The van der Waals surface area contributed by atoms with Crippen LogP contribution in [0.25, 0.3) is 22.2 Å². The fraction of sp³-hybridized carbons (Fsp3) is 0.130. The van der Waals surface area contributed by atoms with E-state index in [4.69, 9.17) is 11.6 Å². The lowest BCUT2D eigenvalue weighted by molar-refractivity contribution is -0.120. The minimum atomic E-state index is 0.00471. The van der Waals surface area contributed by atoms with Crippen LogP contribution in [-0.4, -0.2) is 22.4 Å². The number of rotatable bonds is 6. The Hall–Kier alpha value is -3.11. The molecule has 0 unspecified atom stereocenters. The number of nitrogens with zero attached hydrogens (tertiary/aromatic N) is 1. The van der Waals surface area contributed by atoms with Gasteiger partial charge in [0.15, 0.2) is 0 Å². The first-order chi connectivity index (χ1) is 13.7. The summed E-state index contributed by atoms with van der Waals surface area (Å²) in [6.07, 6.45) is 4.71. The van der Waals surface area contributed by atoms with Crippen LogP contribution < -0.4 is 5.32 Å². The monoisotopic (exact) mass is 389 g/mol. The van der Waals surface area contributed by atoms with Gasteiger partial charge in [-0.1, -0.05) is 41.9 Å². The van der Waals surface area contributed by atoms with Crippen LogP contribution in [0, 0.1) is 0 Å². The maximum atomic E-state index is 12.3. The first kappa shape index (κ1) is 18.3. The highest BCUT2D eigenvalue weighted by molar-refractivity contribution is 6.30. The Balaban J connectivity index is 1.48. The van der Waals surface area contributed by atoms with Gasteiger partial charge in [0.25, 0.3) is 0 Å². The summed E-state index contributed by atoms with van der Waals surface area (Å²) in [6, 6.07) is 19.6. The number of benzene rings is 2. The normalized spacial score (nSPS) is 10.9. The van der Waals surface area contributed by atoms with E-state index in [0.717, 1.165) is 28.8 Å². The van der Waals surface area contributed by atoms with E-state index in [1.54, 1.807) is 18.3 Å². The number of carbonyl (C=O) groups excluding carboxylic acids is 1. The van der Waals surface area contributed by atoms with Gasteiger partial charge in [0.1, 0.15) is 0 Å². The molecule has 0 bridgehead atoms. The fourth-order valence-corrected chi connectivity index (χ4v) is 3.52. The topological polar surface area (TPSA) is 57.8 Å². The molecule has 1 amide bonds. The molecule has 0 aliphatic carbocycles. The van der Waals surface area contributed by atoms with E-state index < -0.39 is 0 Å². The lowest BCUT2D eigenvalue weighted by Gasteiger charge is -2.08. The number of aromatic nitrogens is 2. The Morgan fingerprint density at radius 1 is 1.04 bits per heavy atom. The van der Waals surface area contributed by atoms with Crippen LogP contribution in [-0.2, 0) is 17.6 Å². The third-order valence-electron chi connectivity index (χ3n) is 4.74. The largest absolute Gasteiger partial charge is 0.355 e. The van der Waals surface area contributed by atoms with E-state index >= 15 is 0 Å². The Bertz CT molecular complexity index is 1090. The van der Waals surface area contributed by atoms with Gasteiger partial charge in [-0.3, -0.25) is 9.78 Å². The molecule has 5 heteroatoms. The van der Waals surface area contributed by atoms with Crippen molar-refractivity contribution in [2.24, 2.45) is 0 Å². The molecule has 0 atom stereocenters. The second kappa shape index (κ2) is 8.28. The summed E-state index contributed by atoms with van der Waals surface area (Å²) in [5.41, 5.74) is 5.33. The highest BCUT2D eigenvalue weighted by Gasteiger charge is 2.13. The third-order valence-corrected chi connectivity index (χ3v) is 4.99. The van der Waals surface area contributed by atoms with Crippen molar-refractivity contribution >= 4 is 28.4 Å². The molecule has 0 aliphatic rings. The average Bonchev–Trinajstić information content (AvgIpc) is 3.09. The molecule has 0 aliphatic heterocycles. The van der Waals surface area contributed by atoms with Crippen molar-refractivity contribution in [3.63, 3.8) is 0 Å². The molecule has 4 rings (SSSR count). The van der Waals surface area contributed by atoms with Crippen molar-refractivity contribution in [2.45, 2.75) is 12.8 Å². The number of nitrogens with one attached hydrogen (secondary N) is 2. The zero-order chi connectivity index (χ0) is 19.3. The van der Waals surface area contributed by atoms with E-state index in [0.29, 0.717) is 18.0 Å². The molecule has 0 fully saturated rings. The van der Waals surface area contributed by atoms with Crippen molar-refractivity contribution < 1.29 is 4.79 Å². The fourth-order valence-electron chi connectivity index (χ4n) is 3.39. The minimum Gasteiger partial charge on any atom is -0.355 e. The molecule has 2 aromatic heterocycles. The molecule has 2 heterocycles. The highest BCUT2D eigenvalue weighted by atomic mass is 35.5. The molecule has 2 N–H and O–H groups in total. The molecular weight excluding hydrogens is 370 g/mol. The first-order valence-electron chi connectivity index (χ1n) is 9.22. The number of amides is 1. The van der Waals surface area contributed by atoms with Crippen molar-refractivity contribution in [1.82, 2.24) is 15.3 Å². The summed E-state index contributed by atoms with van der Waals surface area (Å²) in [7, 11) is 0.